The Morgan fingerprint density at radius 3 is 2.42 bits per heavy atom. The van der Waals surface area contributed by atoms with Crippen LogP contribution in [0.1, 0.15) is 23.0 Å². The van der Waals surface area contributed by atoms with Gasteiger partial charge in [0.25, 0.3) is 5.92 Å². The van der Waals surface area contributed by atoms with Crippen LogP contribution in [0, 0.1) is 0 Å². The molecule has 3 aromatic rings. The van der Waals surface area contributed by atoms with Gasteiger partial charge in [-0.05, 0) is 30.3 Å². The molecule has 2 aromatic heterocycles. The van der Waals surface area contributed by atoms with Crippen molar-refractivity contribution < 1.29 is 23.1 Å². The molecule has 2 heterocycles. The molecule has 0 aliphatic heterocycles. The Labute approximate surface area is 134 Å². The summed E-state index contributed by atoms with van der Waals surface area (Å²) in [5.74, 6) is -3.88. The van der Waals surface area contributed by atoms with Gasteiger partial charge in [-0.15, -0.1) is 10.2 Å². The Hall–Kier alpha value is -3.16. The van der Waals surface area contributed by atoms with E-state index in [4.69, 9.17) is 9.52 Å². The first-order chi connectivity index (χ1) is 11.3. The summed E-state index contributed by atoms with van der Waals surface area (Å²) in [5, 5.41) is 16.7. The van der Waals surface area contributed by atoms with E-state index in [9.17, 15) is 13.6 Å². The summed E-state index contributed by atoms with van der Waals surface area (Å²) in [6.45, 7) is 0.759. The van der Waals surface area contributed by atoms with E-state index < -0.39 is 11.9 Å². The van der Waals surface area contributed by atoms with Crippen LogP contribution in [-0.4, -0.2) is 26.3 Å². The summed E-state index contributed by atoms with van der Waals surface area (Å²) < 4.78 is 31.8. The summed E-state index contributed by atoms with van der Waals surface area (Å²) in [5.41, 5.74) is 0.554. The number of hydrogen-bond donors (Lipinski definition) is 1. The third-order valence-corrected chi connectivity index (χ3v) is 3.24. The minimum atomic E-state index is -3.03. The minimum absolute atomic E-state index is 0.0865. The summed E-state index contributed by atoms with van der Waals surface area (Å²) in [6, 6.07) is 8.62. The molecule has 1 N–H and O–H groups in total. The highest BCUT2D eigenvalue weighted by atomic mass is 19.3. The molecule has 0 amide bonds. The van der Waals surface area contributed by atoms with Gasteiger partial charge in [0, 0.05) is 18.7 Å². The van der Waals surface area contributed by atoms with E-state index in [1.54, 1.807) is 12.1 Å². The predicted molar refractivity (Wildman–Crippen MR) is 79.5 cm³/mol. The fourth-order valence-electron chi connectivity index (χ4n) is 2.02. The summed E-state index contributed by atoms with van der Waals surface area (Å²) in [7, 11) is 0. The van der Waals surface area contributed by atoms with E-state index in [0.717, 1.165) is 6.92 Å². The number of rotatable bonds is 4. The number of carboxylic acid groups (broad SMARTS) is 1. The summed E-state index contributed by atoms with van der Waals surface area (Å²) in [6.07, 6.45) is 1.22. The van der Waals surface area contributed by atoms with Crippen molar-refractivity contribution in [2.75, 3.05) is 0 Å². The van der Waals surface area contributed by atoms with E-state index in [0.29, 0.717) is 11.1 Å². The van der Waals surface area contributed by atoms with E-state index in [2.05, 4.69) is 15.2 Å². The molecule has 0 radical (unpaired) electrons. The molecule has 0 spiro atoms. The fourth-order valence-corrected chi connectivity index (χ4v) is 2.02. The van der Waals surface area contributed by atoms with Gasteiger partial charge >= 0.3 is 5.97 Å². The van der Waals surface area contributed by atoms with Crippen LogP contribution in [-0.2, 0) is 5.92 Å². The number of alkyl halides is 2. The lowest BCUT2D eigenvalue weighted by Gasteiger charge is -2.08. The number of benzene rings is 1. The Balaban J connectivity index is 1.91. The third-order valence-electron chi connectivity index (χ3n) is 3.24. The molecule has 0 saturated heterocycles. The van der Waals surface area contributed by atoms with E-state index in [1.807, 2.05) is 0 Å². The van der Waals surface area contributed by atoms with Crippen LogP contribution < -0.4 is 0 Å². The minimum Gasteiger partial charge on any atom is -0.478 e. The van der Waals surface area contributed by atoms with Gasteiger partial charge in [-0.25, -0.2) is 4.79 Å². The van der Waals surface area contributed by atoms with E-state index in [-0.39, 0.29) is 23.0 Å². The third kappa shape index (κ3) is 3.12. The van der Waals surface area contributed by atoms with Crippen LogP contribution >= 0.6 is 0 Å². The van der Waals surface area contributed by atoms with Crippen molar-refractivity contribution in [2.24, 2.45) is 0 Å². The van der Waals surface area contributed by atoms with Crippen molar-refractivity contribution >= 4 is 5.97 Å². The molecule has 0 unspecified atom stereocenters. The number of carboxylic acids is 1. The Morgan fingerprint density at radius 2 is 1.83 bits per heavy atom. The highest BCUT2D eigenvalue weighted by Gasteiger charge is 2.26. The number of aromatic carboxylic acids is 1. The van der Waals surface area contributed by atoms with E-state index >= 15 is 0 Å². The van der Waals surface area contributed by atoms with Gasteiger partial charge in [-0.1, -0.05) is 6.07 Å². The second-order valence-corrected chi connectivity index (χ2v) is 5.12. The van der Waals surface area contributed by atoms with Crippen LogP contribution in [0.3, 0.4) is 0 Å². The lowest BCUT2D eigenvalue weighted by molar-refractivity contribution is 0.0128. The Morgan fingerprint density at radius 1 is 1.12 bits per heavy atom. The molecule has 0 saturated carbocycles. The lowest BCUT2D eigenvalue weighted by atomic mass is 10.1. The van der Waals surface area contributed by atoms with Gasteiger partial charge in [0.05, 0.1) is 11.1 Å². The van der Waals surface area contributed by atoms with Crippen molar-refractivity contribution in [1.29, 1.82) is 0 Å². The van der Waals surface area contributed by atoms with Crippen LogP contribution in [0.4, 0.5) is 8.78 Å². The molecule has 6 nitrogen and oxygen atoms in total. The van der Waals surface area contributed by atoms with Crippen molar-refractivity contribution in [3.05, 3.63) is 53.9 Å². The lowest BCUT2D eigenvalue weighted by Crippen LogP contribution is -2.09. The first-order valence-corrected chi connectivity index (χ1v) is 6.86. The molecule has 0 atom stereocenters. The highest BCUT2D eigenvalue weighted by Crippen LogP contribution is 2.28. The maximum atomic E-state index is 13.2. The topological polar surface area (TPSA) is 89.1 Å². The molecule has 0 fully saturated rings. The molecular weight excluding hydrogens is 320 g/mol. The standard InChI is InChI=1S/C16H11F2N3O3/c1-16(17,18)12-6-5-11(8-19-12)14-21-20-13(24-14)9-3-2-4-10(7-9)15(22)23/h2-8H,1H3,(H,22,23). The van der Waals surface area contributed by atoms with Crippen molar-refractivity contribution in [2.45, 2.75) is 12.8 Å². The Bertz CT molecular complexity index is 886. The molecule has 24 heavy (non-hydrogen) atoms. The van der Waals surface area contributed by atoms with Gasteiger partial charge in [0.15, 0.2) is 0 Å². The van der Waals surface area contributed by atoms with Crippen LogP contribution in [0.25, 0.3) is 22.9 Å². The predicted octanol–water partition coefficient (Wildman–Crippen LogP) is 3.61. The molecule has 0 aliphatic rings. The quantitative estimate of drug-likeness (QED) is 0.785. The number of halogens is 2. The molecule has 3 rings (SSSR count). The zero-order valence-electron chi connectivity index (χ0n) is 12.4. The molecule has 8 heteroatoms. The fraction of sp³-hybridized carbons (Fsp3) is 0.125. The van der Waals surface area contributed by atoms with Gasteiger partial charge in [0.1, 0.15) is 5.69 Å². The monoisotopic (exact) mass is 331 g/mol. The number of carbonyl (C=O) groups is 1. The maximum absolute atomic E-state index is 13.2. The van der Waals surface area contributed by atoms with Gasteiger partial charge in [-0.2, -0.15) is 8.78 Å². The number of aromatic nitrogens is 3. The highest BCUT2D eigenvalue weighted by molar-refractivity contribution is 5.88. The average molecular weight is 331 g/mol. The molecule has 0 bridgehead atoms. The first kappa shape index (κ1) is 15.7. The van der Waals surface area contributed by atoms with Gasteiger partial charge in [0.2, 0.25) is 11.8 Å². The molecule has 1 aromatic carbocycles. The van der Waals surface area contributed by atoms with Crippen molar-refractivity contribution in [1.82, 2.24) is 15.2 Å². The number of hydrogen-bond acceptors (Lipinski definition) is 5. The van der Waals surface area contributed by atoms with Gasteiger partial charge < -0.3 is 9.52 Å². The first-order valence-electron chi connectivity index (χ1n) is 6.86. The van der Waals surface area contributed by atoms with E-state index in [1.165, 1.54) is 30.5 Å². The van der Waals surface area contributed by atoms with Crippen LogP contribution in [0.2, 0.25) is 0 Å². The number of pyridine rings is 1. The SMILES string of the molecule is CC(F)(F)c1ccc(-c2nnc(-c3cccc(C(=O)O)c3)o2)cn1. The zero-order chi connectivity index (χ0) is 17.3. The maximum Gasteiger partial charge on any atom is 0.335 e. The van der Waals surface area contributed by atoms with Crippen molar-refractivity contribution in [3.8, 4) is 22.9 Å². The zero-order valence-corrected chi connectivity index (χ0v) is 12.4. The van der Waals surface area contributed by atoms with Gasteiger partial charge in [-0.3, -0.25) is 4.98 Å². The molecular formula is C16H11F2N3O3. The summed E-state index contributed by atoms with van der Waals surface area (Å²) >= 11 is 0. The number of nitrogens with zero attached hydrogens (tertiary/aromatic N) is 3. The average Bonchev–Trinajstić information content (AvgIpc) is 3.04. The second-order valence-electron chi connectivity index (χ2n) is 5.12. The largest absolute Gasteiger partial charge is 0.478 e. The normalized spacial score (nSPS) is 11.5. The Kier molecular flexibility index (Phi) is 3.80. The van der Waals surface area contributed by atoms with Crippen LogP contribution in [0.5, 0.6) is 0 Å². The van der Waals surface area contributed by atoms with Crippen molar-refractivity contribution in [3.63, 3.8) is 0 Å². The molecule has 0 aliphatic carbocycles. The summed E-state index contributed by atoms with van der Waals surface area (Å²) in [4.78, 5) is 14.7. The smallest absolute Gasteiger partial charge is 0.335 e. The molecule has 122 valence electrons. The van der Waals surface area contributed by atoms with Crippen LogP contribution in [0.15, 0.2) is 47.0 Å². The second kappa shape index (κ2) is 5.80.